The minimum atomic E-state index is -1.28. The lowest BCUT2D eigenvalue weighted by Gasteiger charge is -2.47. The van der Waals surface area contributed by atoms with Crippen molar-refractivity contribution in [2.45, 2.75) is 64.7 Å². The topological polar surface area (TPSA) is 55.8 Å². The molecule has 5 heteroatoms. The Labute approximate surface area is 115 Å². The Bertz CT molecular complexity index is 348. The largest absolute Gasteiger partial charge is 0.458 e. The van der Waals surface area contributed by atoms with E-state index < -0.39 is 28.7 Å². The molecule has 110 valence electrons. The van der Waals surface area contributed by atoms with Crippen LogP contribution in [-0.4, -0.2) is 47.2 Å². The van der Waals surface area contributed by atoms with E-state index in [1.807, 2.05) is 0 Å². The number of carbonyl (C=O) groups excluding carboxylic acids is 2. The van der Waals surface area contributed by atoms with Gasteiger partial charge in [0.25, 0.3) is 0 Å². The van der Waals surface area contributed by atoms with Crippen molar-refractivity contribution < 1.29 is 19.1 Å². The SMILES string of the molecule is CN1CCC1(C(=O)OC(C)(C)C)C(=O)OC(C)(C)C. The van der Waals surface area contributed by atoms with Crippen molar-refractivity contribution in [1.82, 2.24) is 4.90 Å². The number of esters is 2. The van der Waals surface area contributed by atoms with E-state index in [1.54, 1.807) is 53.5 Å². The number of likely N-dealkylation sites (N-methyl/N-ethyl adjacent to an activating group) is 1. The molecule has 0 aromatic rings. The second-order valence-corrected chi connectivity index (χ2v) is 7.04. The fraction of sp³-hybridized carbons (Fsp3) is 0.857. The zero-order valence-electron chi connectivity index (χ0n) is 13.0. The Morgan fingerprint density at radius 3 is 1.47 bits per heavy atom. The first kappa shape index (κ1) is 16.0. The van der Waals surface area contributed by atoms with Gasteiger partial charge in [0.05, 0.1) is 0 Å². The first-order chi connectivity index (χ1) is 8.38. The summed E-state index contributed by atoms with van der Waals surface area (Å²) in [5.41, 5.74) is -2.52. The normalized spacial score (nSPS) is 19.5. The van der Waals surface area contributed by atoms with Gasteiger partial charge < -0.3 is 9.47 Å². The minimum Gasteiger partial charge on any atom is -0.458 e. The highest BCUT2D eigenvalue weighted by atomic mass is 16.6. The van der Waals surface area contributed by atoms with Gasteiger partial charge in [0.2, 0.25) is 5.54 Å². The number of carbonyl (C=O) groups is 2. The van der Waals surface area contributed by atoms with Crippen molar-refractivity contribution in [3.63, 3.8) is 0 Å². The maximum Gasteiger partial charge on any atom is 0.338 e. The molecule has 0 spiro atoms. The van der Waals surface area contributed by atoms with Crippen LogP contribution in [0.5, 0.6) is 0 Å². The maximum atomic E-state index is 12.3. The van der Waals surface area contributed by atoms with Gasteiger partial charge in [0.1, 0.15) is 11.2 Å². The second kappa shape index (κ2) is 4.78. The predicted octanol–water partition coefficient (Wildman–Crippen LogP) is 1.74. The minimum absolute atomic E-state index is 0.438. The zero-order valence-corrected chi connectivity index (χ0v) is 13.0. The van der Waals surface area contributed by atoms with Crippen molar-refractivity contribution in [3.8, 4) is 0 Å². The average Bonchev–Trinajstić information content (AvgIpc) is 2.09. The van der Waals surface area contributed by atoms with E-state index in [4.69, 9.17) is 9.47 Å². The first-order valence-electron chi connectivity index (χ1n) is 6.57. The van der Waals surface area contributed by atoms with E-state index in [0.29, 0.717) is 13.0 Å². The molecule has 0 aromatic carbocycles. The molecular weight excluding hydrogens is 246 g/mol. The predicted molar refractivity (Wildman–Crippen MR) is 71.7 cm³/mol. The van der Waals surface area contributed by atoms with E-state index in [9.17, 15) is 9.59 Å². The molecule has 1 aliphatic heterocycles. The van der Waals surface area contributed by atoms with Crippen molar-refractivity contribution in [3.05, 3.63) is 0 Å². The lowest BCUT2D eigenvalue weighted by molar-refractivity contribution is -0.197. The fourth-order valence-electron chi connectivity index (χ4n) is 1.88. The van der Waals surface area contributed by atoms with Crippen LogP contribution >= 0.6 is 0 Å². The van der Waals surface area contributed by atoms with Crippen molar-refractivity contribution in [2.24, 2.45) is 0 Å². The van der Waals surface area contributed by atoms with Gasteiger partial charge in [-0.25, -0.2) is 9.59 Å². The molecule has 0 bridgehead atoms. The Morgan fingerprint density at radius 1 is 0.947 bits per heavy atom. The summed E-state index contributed by atoms with van der Waals surface area (Å²) in [6.45, 7) is 11.4. The smallest absolute Gasteiger partial charge is 0.338 e. The quantitative estimate of drug-likeness (QED) is 0.565. The van der Waals surface area contributed by atoms with E-state index in [-0.39, 0.29) is 0 Å². The van der Waals surface area contributed by atoms with Gasteiger partial charge in [-0.15, -0.1) is 0 Å². The maximum absolute atomic E-state index is 12.3. The molecule has 1 rings (SSSR count). The van der Waals surface area contributed by atoms with Crippen LogP contribution in [0.2, 0.25) is 0 Å². The van der Waals surface area contributed by atoms with Crippen LogP contribution in [0.3, 0.4) is 0 Å². The van der Waals surface area contributed by atoms with Gasteiger partial charge in [-0.3, -0.25) is 4.90 Å². The van der Waals surface area contributed by atoms with Gasteiger partial charge in [0, 0.05) is 13.0 Å². The van der Waals surface area contributed by atoms with Gasteiger partial charge in [-0.05, 0) is 48.6 Å². The number of hydrogen-bond acceptors (Lipinski definition) is 5. The zero-order chi connectivity index (χ0) is 15.1. The third-order valence-corrected chi connectivity index (χ3v) is 2.93. The Kier molecular flexibility index (Phi) is 4.01. The van der Waals surface area contributed by atoms with Crippen LogP contribution in [0.15, 0.2) is 0 Å². The number of likely N-dealkylation sites (tertiary alicyclic amines) is 1. The summed E-state index contributed by atoms with van der Waals surface area (Å²) in [6.07, 6.45) is 0.438. The molecule has 19 heavy (non-hydrogen) atoms. The number of rotatable bonds is 2. The van der Waals surface area contributed by atoms with Gasteiger partial charge in [0.15, 0.2) is 0 Å². The lowest BCUT2D eigenvalue weighted by Crippen LogP contribution is -2.69. The molecule has 1 fully saturated rings. The highest BCUT2D eigenvalue weighted by Gasteiger charge is 2.59. The van der Waals surface area contributed by atoms with Crippen LogP contribution in [-0.2, 0) is 19.1 Å². The van der Waals surface area contributed by atoms with E-state index in [1.165, 1.54) is 0 Å². The first-order valence-corrected chi connectivity index (χ1v) is 6.57. The molecule has 0 unspecified atom stereocenters. The molecule has 0 atom stereocenters. The Hall–Kier alpha value is -1.10. The lowest BCUT2D eigenvalue weighted by atomic mass is 9.84. The molecule has 5 nitrogen and oxygen atoms in total. The standard InChI is InChI=1S/C14H25NO4/c1-12(2,3)18-10(16)14(8-9-15(14)7)11(17)19-13(4,5)6/h8-9H2,1-7H3. The summed E-state index contributed by atoms with van der Waals surface area (Å²) in [7, 11) is 1.73. The summed E-state index contributed by atoms with van der Waals surface area (Å²) in [5.74, 6) is -1.05. The molecule has 0 amide bonds. The monoisotopic (exact) mass is 271 g/mol. The van der Waals surface area contributed by atoms with Crippen LogP contribution in [0, 0.1) is 0 Å². The molecule has 0 aliphatic carbocycles. The molecule has 0 aromatic heterocycles. The summed E-state index contributed by atoms with van der Waals surface area (Å²) in [6, 6.07) is 0. The fourth-order valence-corrected chi connectivity index (χ4v) is 1.88. The molecule has 0 saturated carbocycles. The van der Waals surface area contributed by atoms with E-state index >= 15 is 0 Å². The molecule has 0 radical (unpaired) electrons. The van der Waals surface area contributed by atoms with Crippen molar-refractivity contribution in [2.75, 3.05) is 13.6 Å². The Morgan fingerprint density at radius 2 is 1.32 bits per heavy atom. The van der Waals surface area contributed by atoms with E-state index in [2.05, 4.69) is 0 Å². The van der Waals surface area contributed by atoms with Crippen LogP contribution in [0.1, 0.15) is 48.0 Å². The van der Waals surface area contributed by atoms with Crippen LogP contribution in [0.4, 0.5) is 0 Å². The van der Waals surface area contributed by atoms with E-state index in [0.717, 1.165) is 0 Å². The number of hydrogen-bond donors (Lipinski definition) is 0. The summed E-state index contributed by atoms with van der Waals surface area (Å²) in [5, 5.41) is 0. The molecule has 1 heterocycles. The summed E-state index contributed by atoms with van der Waals surface area (Å²) < 4.78 is 10.7. The van der Waals surface area contributed by atoms with Gasteiger partial charge >= 0.3 is 11.9 Å². The van der Waals surface area contributed by atoms with Crippen molar-refractivity contribution in [1.29, 1.82) is 0 Å². The molecular formula is C14H25NO4. The van der Waals surface area contributed by atoms with Crippen molar-refractivity contribution >= 4 is 11.9 Å². The van der Waals surface area contributed by atoms with Crippen LogP contribution in [0.25, 0.3) is 0 Å². The Balaban J connectivity index is 2.93. The average molecular weight is 271 g/mol. The van der Waals surface area contributed by atoms with Gasteiger partial charge in [-0.1, -0.05) is 0 Å². The number of nitrogens with zero attached hydrogens (tertiary/aromatic N) is 1. The highest BCUT2D eigenvalue weighted by Crippen LogP contribution is 2.34. The third kappa shape index (κ3) is 3.47. The number of ether oxygens (including phenoxy) is 2. The molecule has 1 saturated heterocycles. The summed E-state index contributed by atoms with van der Waals surface area (Å²) in [4.78, 5) is 26.4. The summed E-state index contributed by atoms with van der Waals surface area (Å²) >= 11 is 0. The molecule has 1 aliphatic rings. The highest BCUT2D eigenvalue weighted by molar-refractivity contribution is 6.06. The van der Waals surface area contributed by atoms with Gasteiger partial charge in [-0.2, -0.15) is 0 Å². The van der Waals surface area contributed by atoms with Crippen LogP contribution < -0.4 is 0 Å². The second-order valence-electron chi connectivity index (χ2n) is 7.04. The third-order valence-electron chi connectivity index (χ3n) is 2.93. The molecule has 0 N–H and O–H groups in total.